The van der Waals surface area contributed by atoms with Crippen LogP contribution < -0.4 is 5.32 Å². The summed E-state index contributed by atoms with van der Waals surface area (Å²) in [4.78, 5) is 0. The minimum absolute atomic E-state index is 0.0820. The Labute approximate surface area is 132 Å². The van der Waals surface area contributed by atoms with E-state index in [-0.39, 0.29) is 5.56 Å². The fourth-order valence-electron chi connectivity index (χ4n) is 2.38. The Morgan fingerprint density at radius 3 is 2.43 bits per heavy atom. The highest BCUT2D eigenvalue weighted by molar-refractivity contribution is 9.10. The van der Waals surface area contributed by atoms with Crippen LogP contribution in [0.1, 0.15) is 35.2 Å². The van der Waals surface area contributed by atoms with Crippen molar-refractivity contribution in [3.8, 4) is 0 Å². The molecule has 1 unspecified atom stereocenters. The van der Waals surface area contributed by atoms with Gasteiger partial charge in [-0.2, -0.15) is 0 Å². The molecule has 0 heterocycles. The van der Waals surface area contributed by atoms with Crippen molar-refractivity contribution in [2.24, 2.45) is 0 Å². The summed E-state index contributed by atoms with van der Waals surface area (Å²) in [5, 5.41) is 3.18. The van der Waals surface area contributed by atoms with E-state index in [1.807, 2.05) is 32.0 Å². The number of aryl methyl sites for hydroxylation is 2. The Bertz CT molecular complexity index is 655. The quantitative estimate of drug-likeness (QED) is 0.811. The van der Waals surface area contributed by atoms with E-state index in [1.54, 1.807) is 6.92 Å². The normalized spacial score (nSPS) is 12.5. The summed E-state index contributed by atoms with van der Waals surface area (Å²) in [6.07, 6.45) is 0. The zero-order valence-electron chi connectivity index (χ0n) is 12.3. The summed E-state index contributed by atoms with van der Waals surface area (Å²) in [5.41, 5.74) is 2.41. The van der Waals surface area contributed by atoms with Gasteiger partial charge in [-0.05, 0) is 49.2 Å². The van der Waals surface area contributed by atoms with Crippen LogP contribution in [0.15, 0.2) is 34.8 Å². The Morgan fingerprint density at radius 1 is 1.10 bits per heavy atom. The molecule has 112 valence electrons. The van der Waals surface area contributed by atoms with Crippen molar-refractivity contribution in [3.05, 3.63) is 68.7 Å². The predicted molar refractivity (Wildman–Crippen MR) is 85.5 cm³/mol. The first-order valence-corrected chi connectivity index (χ1v) is 7.69. The molecule has 0 radical (unpaired) electrons. The Hall–Kier alpha value is -1.26. The third-order valence-corrected chi connectivity index (χ3v) is 4.42. The van der Waals surface area contributed by atoms with Crippen LogP contribution in [-0.2, 0) is 0 Å². The van der Waals surface area contributed by atoms with Crippen molar-refractivity contribution in [1.82, 2.24) is 5.32 Å². The van der Waals surface area contributed by atoms with Crippen molar-refractivity contribution >= 4 is 15.9 Å². The maximum Gasteiger partial charge on any atom is 0.134 e. The van der Waals surface area contributed by atoms with E-state index in [0.717, 1.165) is 15.6 Å². The first kappa shape index (κ1) is 16.1. The van der Waals surface area contributed by atoms with Gasteiger partial charge in [0.25, 0.3) is 0 Å². The number of hydrogen-bond donors (Lipinski definition) is 1. The molecule has 0 spiro atoms. The number of rotatable bonds is 4. The van der Waals surface area contributed by atoms with Gasteiger partial charge in [0.1, 0.15) is 11.6 Å². The van der Waals surface area contributed by atoms with Gasteiger partial charge < -0.3 is 5.32 Å². The third-order valence-electron chi connectivity index (χ3n) is 3.53. The minimum atomic E-state index is -0.523. The maximum atomic E-state index is 14.4. The molecule has 1 atom stereocenters. The van der Waals surface area contributed by atoms with E-state index in [9.17, 15) is 8.78 Å². The van der Waals surface area contributed by atoms with Gasteiger partial charge >= 0.3 is 0 Å². The molecule has 2 rings (SSSR count). The zero-order chi connectivity index (χ0) is 15.6. The fraction of sp³-hybridized carbons (Fsp3) is 0.294. The van der Waals surface area contributed by atoms with Crippen LogP contribution in [0.5, 0.6) is 0 Å². The van der Waals surface area contributed by atoms with Crippen molar-refractivity contribution in [2.75, 3.05) is 6.54 Å². The summed E-state index contributed by atoms with van der Waals surface area (Å²) < 4.78 is 29.6. The molecule has 0 bridgehead atoms. The van der Waals surface area contributed by atoms with E-state index in [2.05, 4.69) is 21.2 Å². The second-order valence-corrected chi connectivity index (χ2v) is 5.95. The average molecular weight is 354 g/mol. The lowest BCUT2D eigenvalue weighted by Crippen LogP contribution is -2.24. The summed E-state index contributed by atoms with van der Waals surface area (Å²) in [7, 11) is 0. The first-order valence-electron chi connectivity index (χ1n) is 6.89. The van der Waals surface area contributed by atoms with E-state index in [4.69, 9.17) is 0 Å². The molecular weight excluding hydrogens is 336 g/mol. The molecular formula is C17H18BrF2N. The van der Waals surface area contributed by atoms with Crippen molar-refractivity contribution in [3.63, 3.8) is 0 Å². The van der Waals surface area contributed by atoms with Crippen molar-refractivity contribution in [2.45, 2.75) is 26.8 Å². The Morgan fingerprint density at radius 2 is 1.81 bits per heavy atom. The molecule has 0 fully saturated rings. The summed E-state index contributed by atoms with van der Waals surface area (Å²) >= 11 is 3.45. The lowest BCUT2D eigenvalue weighted by molar-refractivity contribution is 0.506. The molecule has 2 aromatic carbocycles. The minimum Gasteiger partial charge on any atom is -0.306 e. The van der Waals surface area contributed by atoms with Crippen LogP contribution in [0.2, 0.25) is 0 Å². The van der Waals surface area contributed by atoms with E-state index < -0.39 is 17.7 Å². The van der Waals surface area contributed by atoms with E-state index >= 15 is 0 Å². The smallest absolute Gasteiger partial charge is 0.134 e. The van der Waals surface area contributed by atoms with Gasteiger partial charge in [0.15, 0.2) is 0 Å². The molecule has 0 saturated heterocycles. The molecule has 21 heavy (non-hydrogen) atoms. The maximum absolute atomic E-state index is 14.4. The second-order valence-electron chi connectivity index (χ2n) is 5.09. The molecule has 0 aliphatic rings. The van der Waals surface area contributed by atoms with Crippen LogP contribution in [0.25, 0.3) is 0 Å². The predicted octanol–water partition coefficient (Wildman–Crippen LogP) is 5.04. The third kappa shape index (κ3) is 3.33. The van der Waals surface area contributed by atoms with Crippen LogP contribution >= 0.6 is 15.9 Å². The standard InChI is InChI=1S/C17H18BrF2N/c1-4-21-17(12-6-7-13(18)11(3)9-12)15-14(19)8-5-10(2)16(15)20/h5-9,17,21H,4H2,1-3H3. The largest absolute Gasteiger partial charge is 0.306 e. The van der Waals surface area contributed by atoms with Crippen LogP contribution in [0.3, 0.4) is 0 Å². The van der Waals surface area contributed by atoms with E-state index in [0.29, 0.717) is 12.1 Å². The van der Waals surface area contributed by atoms with Gasteiger partial charge in [0, 0.05) is 10.0 Å². The van der Waals surface area contributed by atoms with Gasteiger partial charge in [-0.25, -0.2) is 8.78 Å². The Balaban J connectivity index is 2.58. The van der Waals surface area contributed by atoms with Gasteiger partial charge in [-0.1, -0.05) is 41.1 Å². The Kier molecular flexibility index (Phi) is 5.12. The van der Waals surface area contributed by atoms with Gasteiger partial charge in [0.2, 0.25) is 0 Å². The highest BCUT2D eigenvalue weighted by atomic mass is 79.9. The van der Waals surface area contributed by atoms with Crippen LogP contribution in [-0.4, -0.2) is 6.54 Å². The number of benzene rings is 2. The fourth-order valence-corrected chi connectivity index (χ4v) is 2.63. The van der Waals surface area contributed by atoms with Crippen LogP contribution in [0, 0.1) is 25.5 Å². The zero-order valence-corrected chi connectivity index (χ0v) is 13.9. The molecule has 0 saturated carbocycles. The average Bonchev–Trinajstić information content (AvgIpc) is 2.45. The molecule has 1 nitrogen and oxygen atoms in total. The van der Waals surface area contributed by atoms with Gasteiger partial charge in [-0.3, -0.25) is 0 Å². The molecule has 2 aromatic rings. The highest BCUT2D eigenvalue weighted by Crippen LogP contribution is 2.30. The summed E-state index contributed by atoms with van der Waals surface area (Å²) in [5.74, 6) is -1.01. The monoisotopic (exact) mass is 353 g/mol. The molecule has 0 aliphatic carbocycles. The number of halogens is 3. The van der Waals surface area contributed by atoms with Crippen molar-refractivity contribution in [1.29, 1.82) is 0 Å². The molecule has 1 N–H and O–H groups in total. The molecule has 0 amide bonds. The number of nitrogens with one attached hydrogen (secondary N) is 1. The summed E-state index contributed by atoms with van der Waals surface area (Å²) in [6, 6.07) is 8.01. The van der Waals surface area contributed by atoms with E-state index in [1.165, 1.54) is 12.1 Å². The SMILES string of the molecule is CCNC(c1ccc(Br)c(C)c1)c1c(F)ccc(C)c1F. The van der Waals surface area contributed by atoms with Crippen LogP contribution in [0.4, 0.5) is 8.78 Å². The van der Waals surface area contributed by atoms with Crippen molar-refractivity contribution < 1.29 is 8.78 Å². The highest BCUT2D eigenvalue weighted by Gasteiger charge is 2.22. The topological polar surface area (TPSA) is 12.0 Å². The second kappa shape index (κ2) is 6.67. The molecule has 4 heteroatoms. The first-order chi connectivity index (χ1) is 9.95. The molecule has 0 aliphatic heterocycles. The summed E-state index contributed by atoms with van der Waals surface area (Å²) in [6.45, 7) is 6.14. The van der Waals surface area contributed by atoms with Gasteiger partial charge in [0.05, 0.1) is 6.04 Å². The van der Waals surface area contributed by atoms with Gasteiger partial charge in [-0.15, -0.1) is 0 Å². The lowest BCUT2D eigenvalue weighted by atomic mass is 9.95. The molecule has 0 aromatic heterocycles. The lowest BCUT2D eigenvalue weighted by Gasteiger charge is -2.21. The number of hydrogen-bond acceptors (Lipinski definition) is 1.